The second-order valence-electron chi connectivity index (χ2n) is 13.1. The molecule has 1 unspecified atom stereocenters. The highest BCUT2D eigenvalue weighted by Crippen LogP contribution is 2.44. The summed E-state index contributed by atoms with van der Waals surface area (Å²) in [5.41, 5.74) is 0.0518. The largest absolute Gasteiger partial charge is 0.508 e. The molecule has 0 amide bonds. The van der Waals surface area contributed by atoms with Gasteiger partial charge in [0.05, 0.1) is 11.6 Å². The Hall–Kier alpha value is -3.90. The molecule has 0 bridgehead atoms. The first-order valence-electron chi connectivity index (χ1n) is 16.3. The molecule has 4 atom stereocenters. The molecular formula is C34H37F3N6O3. The number of phenols is 1. The zero-order valence-corrected chi connectivity index (χ0v) is 26.0. The molecule has 4 aliphatic rings. The van der Waals surface area contributed by atoms with Crippen LogP contribution in [0.4, 0.5) is 19.0 Å². The van der Waals surface area contributed by atoms with Crippen molar-refractivity contribution in [1.82, 2.24) is 25.2 Å². The predicted octanol–water partition coefficient (Wildman–Crippen LogP) is 5.30. The first-order valence-corrected chi connectivity index (χ1v) is 16.3. The summed E-state index contributed by atoms with van der Waals surface area (Å²) < 4.78 is 59.2. The van der Waals surface area contributed by atoms with Gasteiger partial charge in [-0.15, -0.1) is 0 Å². The van der Waals surface area contributed by atoms with Crippen LogP contribution >= 0.6 is 0 Å². The maximum atomic E-state index is 17.0. The number of ether oxygens (including phenoxy) is 2. The van der Waals surface area contributed by atoms with E-state index in [-0.39, 0.29) is 59.7 Å². The van der Waals surface area contributed by atoms with Gasteiger partial charge < -0.3 is 24.8 Å². The van der Waals surface area contributed by atoms with Crippen LogP contribution in [0.3, 0.4) is 0 Å². The lowest BCUT2D eigenvalue weighted by Crippen LogP contribution is -2.58. The summed E-state index contributed by atoms with van der Waals surface area (Å²) in [6.45, 7) is 6.86. The number of aromatic hydroxyl groups is 1. The molecule has 2 aromatic heterocycles. The first kappa shape index (κ1) is 29.5. The molecule has 2 N–H and O–H groups in total. The summed E-state index contributed by atoms with van der Waals surface area (Å²) in [5.74, 6) is -0.631. The Kier molecular flexibility index (Phi) is 7.13. The highest BCUT2D eigenvalue weighted by atomic mass is 19.1. The number of fused-ring (bicyclic) bond motifs is 4. The second kappa shape index (κ2) is 11.1. The average Bonchev–Trinajstić information content (AvgIpc) is 3.53. The fourth-order valence-corrected chi connectivity index (χ4v) is 8.06. The highest BCUT2D eigenvalue weighted by Gasteiger charge is 2.49. The molecule has 46 heavy (non-hydrogen) atoms. The van der Waals surface area contributed by atoms with Gasteiger partial charge in [0.1, 0.15) is 53.4 Å². The summed E-state index contributed by atoms with van der Waals surface area (Å²) >= 11 is 0. The molecule has 0 aliphatic carbocycles. The maximum Gasteiger partial charge on any atom is 0.319 e. The number of hydrogen-bond donors (Lipinski definition) is 2. The van der Waals surface area contributed by atoms with Gasteiger partial charge in [0.2, 0.25) is 5.88 Å². The number of rotatable bonds is 6. The molecule has 9 nitrogen and oxygen atoms in total. The van der Waals surface area contributed by atoms with Crippen molar-refractivity contribution < 1.29 is 27.8 Å². The van der Waals surface area contributed by atoms with E-state index in [1.807, 2.05) is 6.92 Å². The van der Waals surface area contributed by atoms with E-state index in [1.54, 1.807) is 6.07 Å². The van der Waals surface area contributed by atoms with Gasteiger partial charge >= 0.3 is 6.01 Å². The number of piperazine rings is 1. The molecule has 8 rings (SSSR count). The number of nitrogens with zero attached hydrogens (tertiary/aromatic N) is 5. The molecule has 242 valence electrons. The van der Waals surface area contributed by atoms with E-state index in [1.165, 1.54) is 18.2 Å². The summed E-state index contributed by atoms with van der Waals surface area (Å²) in [4.78, 5) is 18.4. The van der Waals surface area contributed by atoms with Crippen LogP contribution in [0, 0.1) is 11.6 Å². The highest BCUT2D eigenvalue weighted by molar-refractivity contribution is 6.03. The van der Waals surface area contributed by atoms with Crippen LogP contribution in [-0.2, 0) is 6.42 Å². The number of aryl methyl sites for hydroxylation is 1. The van der Waals surface area contributed by atoms with Gasteiger partial charge in [-0.25, -0.2) is 18.2 Å². The zero-order chi connectivity index (χ0) is 31.7. The third-order valence-electron chi connectivity index (χ3n) is 10.4. The van der Waals surface area contributed by atoms with Crippen LogP contribution in [0.2, 0.25) is 0 Å². The Morgan fingerprint density at radius 2 is 2.00 bits per heavy atom. The Balaban J connectivity index is 1.33. The van der Waals surface area contributed by atoms with E-state index in [4.69, 9.17) is 19.4 Å². The lowest BCUT2D eigenvalue weighted by atomic mass is 9.94. The van der Waals surface area contributed by atoms with E-state index in [0.717, 1.165) is 25.8 Å². The molecule has 0 spiro atoms. The van der Waals surface area contributed by atoms with Crippen LogP contribution in [0.5, 0.6) is 17.6 Å². The number of aromatic nitrogens is 3. The van der Waals surface area contributed by atoms with Gasteiger partial charge in [-0.3, -0.25) is 4.90 Å². The van der Waals surface area contributed by atoms with Crippen molar-refractivity contribution in [3.63, 3.8) is 0 Å². The SMILES string of the molecule is CCc1c(F)ccc2cc(O)cc(-c3nc4c5c(nc(OC[C@]67CCCN6C[C@@H](F)C7)nc5c3F)N3CC(CC)NC[C@@H]3CO4)c12. The van der Waals surface area contributed by atoms with Crippen molar-refractivity contribution in [3.8, 4) is 28.9 Å². The molecule has 0 radical (unpaired) electrons. The second-order valence-corrected chi connectivity index (χ2v) is 13.1. The summed E-state index contributed by atoms with van der Waals surface area (Å²) in [7, 11) is 0. The van der Waals surface area contributed by atoms with Gasteiger partial charge in [0.15, 0.2) is 5.82 Å². The minimum absolute atomic E-state index is 0.00122. The average molecular weight is 635 g/mol. The number of phenolic OH excluding ortho intramolecular Hbond substituents is 1. The third kappa shape index (κ3) is 4.63. The van der Waals surface area contributed by atoms with Crippen molar-refractivity contribution in [1.29, 1.82) is 0 Å². The topological polar surface area (TPSA) is 95.9 Å². The molecule has 6 heterocycles. The molecule has 4 aliphatic heterocycles. The van der Waals surface area contributed by atoms with Gasteiger partial charge in [0, 0.05) is 37.7 Å². The van der Waals surface area contributed by atoms with Crippen molar-refractivity contribution in [3.05, 3.63) is 41.5 Å². The lowest BCUT2D eigenvalue weighted by Gasteiger charge is -2.39. The van der Waals surface area contributed by atoms with Crippen molar-refractivity contribution in [2.75, 3.05) is 44.3 Å². The predicted molar refractivity (Wildman–Crippen MR) is 168 cm³/mol. The van der Waals surface area contributed by atoms with E-state index in [9.17, 15) is 9.50 Å². The van der Waals surface area contributed by atoms with Crippen LogP contribution in [0.1, 0.15) is 45.1 Å². The van der Waals surface area contributed by atoms with E-state index in [2.05, 4.69) is 27.0 Å². The molecule has 2 aromatic carbocycles. The molecule has 0 saturated carbocycles. The van der Waals surface area contributed by atoms with E-state index in [0.29, 0.717) is 60.0 Å². The molecule has 4 aromatic rings. The van der Waals surface area contributed by atoms with Crippen LogP contribution in [-0.4, -0.2) is 88.1 Å². The fraction of sp³-hybridized carbons (Fsp3) is 0.500. The Bertz CT molecular complexity index is 1860. The van der Waals surface area contributed by atoms with Crippen LogP contribution < -0.4 is 19.7 Å². The zero-order valence-electron chi connectivity index (χ0n) is 26.0. The minimum atomic E-state index is -0.917. The third-order valence-corrected chi connectivity index (χ3v) is 10.4. The monoisotopic (exact) mass is 634 g/mol. The van der Waals surface area contributed by atoms with Gasteiger partial charge in [-0.2, -0.15) is 9.97 Å². The van der Waals surface area contributed by atoms with Crippen LogP contribution in [0.15, 0.2) is 24.3 Å². The fourth-order valence-electron chi connectivity index (χ4n) is 8.06. The Morgan fingerprint density at radius 1 is 1.13 bits per heavy atom. The Morgan fingerprint density at radius 3 is 2.83 bits per heavy atom. The molecule has 3 fully saturated rings. The molecule has 12 heteroatoms. The lowest BCUT2D eigenvalue weighted by molar-refractivity contribution is 0.107. The van der Waals surface area contributed by atoms with Crippen molar-refractivity contribution in [2.24, 2.45) is 0 Å². The first-order chi connectivity index (χ1) is 22.3. The molecular weight excluding hydrogens is 597 g/mol. The number of alkyl halides is 1. The standard InChI is InChI=1S/C34H37F3N6O3/c1-3-20-15-43-21(13-38-20)16-45-32-27-30(40-33(41-31(27)43)46-17-34-8-5-9-42(34)14-19(35)12-34)28(37)29(39-32)24-11-22(44)10-18-6-7-25(36)23(4-2)26(18)24/h6-7,10-11,19-21,38,44H,3-5,8-9,12-17H2,1-2H3/t19-,20?,21+,34+/m0/s1. The quantitative estimate of drug-likeness (QED) is 0.293. The van der Waals surface area contributed by atoms with Crippen molar-refractivity contribution >= 4 is 27.5 Å². The van der Waals surface area contributed by atoms with Gasteiger partial charge in [-0.1, -0.05) is 19.9 Å². The smallest absolute Gasteiger partial charge is 0.319 e. The summed E-state index contributed by atoms with van der Waals surface area (Å²) in [5, 5.41) is 15.6. The van der Waals surface area contributed by atoms with Gasteiger partial charge in [0.25, 0.3) is 0 Å². The number of hydrogen-bond acceptors (Lipinski definition) is 9. The van der Waals surface area contributed by atoms with Crippen molar-refractivity contribution in [2.45, 2.75) is 69.7 Å². The summed E-state index contributed by atoms with van der Waals surface area (Å²) in [6, 6.07) is 5.93. The maximum absolute atomic E-state index is 17.0. The number of pyridine rings is 1. The van der Waals surface area contributed by atoms with Crippen LogP contribution in [0.25, 0.3) is 32.9 Å². The number of benzene rings is 2. The van der Waals surface area contributed by atoms with E-state index >= 15 is 8.78 Å². The normalized spacial score (nSPS) is 25.8. The number of anilines is 1. The van der Waals surface area contributed by atoms with Gasteiger partial charge in [-0.05, 0) is 66.8 Å². The molecule has 3 saturated heterocycles. The minimum Gasteiger partial charge on any atom is -0.508 e. The Labute approximate surface area is 264 Å². The summed E-state index contributed by atoms with van der Waals surface area (Å²) in [6.07, 6.45) is 2.48. The number of nitrogens with one attached hydrogen (secondary N) is 1. The number of halogens is 3. The van der Waals surface area contributed by atoms with E-state index < -0.39 is 23.3 Å².